The van der Waals surface area contributed by atoms with Crippen LogP contribution in [0.3, 0.4) is 0 Å². The highest BCUT2D eigenvalue weighted by Crippen LogP contribution is 2.20. The third kappa shape index (κ3) is 3.94. The molecule has 100 valence electrons. The molecule has 0 saturated heterocycles. The second kappa shape index (κ2) is 6.54. The van der Waals surface area contributed by atoms with E-state index >= 15 is 0 Å². The summed E-state index contributed by atoms with van der Waals surface area (Å²) in [6.07, 6.45) is 1.63. The van der Waals surface area contributed by atoms with Crippen LogP contribution in [0.4, 0.5) is 5.13 Å². The first-order valence-corrected chi connectivity index (χ1v) is 7.07. The van der Waals surface area contributed by atoms with Gasteiger partial charge in [-0.25, -0.2) is 4.98 Å². The number of nitrogens with one attached hydrogen (secondary N) is 1. The van der Waals surface area contributed by atoms with Crippen molar-refractivity contribution < 1.29 is 9.53 Å². The van der Waals surface area contributed by atoms with Crippen molar-refractivity contribution in [1.29, 1.82) is 0 Å². The maximum absolute atomic E-state index is 12.0. The Morgan fingerprint density at radius 3 is 3.05 bits per heavy atom. The van der Waals surface area contributed by atoms with E-state index in [9.17, 15) is 4.79 Å². The molecule has 0 aliphatic heterocycles. The number of rotatable bonds is 5. The Morgan fingerprint density at radius 2 is 2.42 bits per heavy atom. The Morgan fingerprint density at radius 1 is 1.58 bits per heavy atom. The van der Waals surface area contributed by atoms with E-state index in [0.717, 1.165) is 0 Å². The topological polar surface area (TPSA) is 51.2 Å². The van der Waals surface area contributed by atoms with E-state index in [4.69, 9.17) is 16.3 Å². The Kier molecular flexibility index (Phi) is 4.76. The fourth-order valence-electron chi connectivity index (χ4n) is 1.50. The average molecular weight is 297 g/mol. The molecule has 1 heterocycles. The molecule has 0 spiro atoms. The van der Waals surface area contributed by atoms with Gasteiger partial charge in [-0.3, -0.25) is 10.1 Å². The molecular formula is C13H13ClN2O2S. The van der Waals surface area contributed by atoms with Crippen molar-refractivity contribution in [2.45, 2.75) is 19.4 Å². The lowest BCUT2D eigenvalue weighted by atomic mass is 10.2. The quantitative estimate of drug-likeness (QED) is 0.917. The number of benzene rings is 1. The van der Waals surface area contributed by atoms with E-state index in [2.05, 4.69) is 10.3 Å². The molecule has 6 heteroatoms. The fraction of sp³-hybridized carbons (Fsp3) is 0.231. The molecule has 1 aromatic carbocycles. The molecule has 1 unspecified atom stereocenters. The molecule has 0 bridgehead atoms. The zero-order chi connectivity index (χ0) is 13.7. The van der Waals surface area contributed by atoms with Gasteiger partial charge in [0, 0.05) is 16.6 Å². The molecule has 19 heavy (non-hydrogen) atoms. The van der Waals surface area contributed by atoms with Crippen LogP contribution in [0.5, 0.6) is 5.75 Å². The van der Waals surface area contributed by atoms with E-state index in [1.807, 2.05) is 6.92 Å². The number of aromatic nitrogens is 1. The summed E-state index contributed by atoms with van der Waals surface area (Å²) in [6.45, 7) is 1.89. The van der Waals surface area contributed by atoms with Gasteiger partial charge in [0.1, 0.15) is 5.75 Å². The van der Waals surface area contributed by atoms with Gasteiger partial charge >= 0.3 is 0 Å². The molecule has 0 aliphatic carbocycles. The third-order valence-electron chi connectivity index (χ3n) is 2.40. The summed E-state index contributed by atoms with van der Waals surface area (Å²) in [4.78, 5) is 16.0. The normalized spacial score (nSPS) is 11.9. The van der Waals surface area contributed by atoms with E-state index in [0.29, 0.717) is 22.3 Å². The van der Waals surface area contributed by atoms with Gasteiger partial charge in [-0.05, 0) is 24.6 Å². The van der Waals surface area contributed by atoms with Crippen LogP contribution in [0.2, 0.25) is 5.02 Å². The number of ether oxygens (including phenoxy) is 1. The van der Waals surface area contributed by atoms with Crippen molar-refractivity contribution in [2.24, 2.45) is 0 Å². The maximum atomic E-state index is 12.0. The number of halogens is 1. The van der Waals surface area contributed by atoms with Crippen LogP contribution in [-0.2, 0) is 4.79 Å². The van der Waals surface area contributed by atoms with E-state index in [-0.39, 0.29) is 5.91 Å². The third-order valence-corrected chi connectivity index (χ3v) is 3.32. The molecule has 1 amide bonds. The van der Waals surface area contributed by atoms with Gasteiger partial charge in [-0.2, -0.15) is 0 Å². The monoisotopic (exact) mass is 296 g/mol. The Balaban J connectivity index is 2.01. The highest BCUT2D eigenvalue weighted by molar-refractivity contribution is 7.13. The molecule has 2 aromatic rings. The molecule has 1 aromatic heterocycles. The number of nitrogens with zero attached hydrogens (tertiary/aromatic N) is 1. The largest absolute Gasteiger partial charge is 0.481 e. The predicted octanol–water partition coefficient (Wildman–Crippen LogP) is 3.59. The molecule has 0 fully saturated rings. The average Bonchev–Trinajstić information content (AvgIpc) is 2.88. The number of hydrogen-bond acceptors (Lipinski definition) is 4. The number of thiazole rings is 1. The van der Waals surface area contributed by atoms with Crippen LogP contribution in [0.25, 0.3) is 0 Å². The standard InChI is InChI=1S/C13H13ClN2O2S/c1-2-11(12(17)16-13-15-6-7-19-13)18-10-5-3-4-9(14)8-10/h3-8,11H,2H2,1H3,(H,15,16,17). The lowest BCUT2D eigenvalue weighted by molar-refractivity contribution is -0.122. The van der Waals surface area contributed by atoms with E-state index in [1.165, 1.54) is 11.3 Å². The van der Waals surface area contributed by atoms with Gasteiger partial charge in [-0.1, -0.05) is 24.6 Å². The van der Waals surface area contributed by atoms with Crippen LogP contribution in [0.15, 0.2) is 35.8 Å². The molecule has 0 saturated carbocycles. The molecule has 0 aliphatic rings. The lowest BCUT2D eigenvalue weighted by Crippen LogP contribution is -2.32. The lowest BCUT2D eigenvalue weighted by Gasteiger charge is -2.16. The SMILES string of the molecule is CCC(Oc1cccc(Cl)c1)C(=O)Nc1nccs1. The van der Waals surface area contributed by atoms with Crippen molar-refractivity contribution in [1.82, 2.24) is 4.98 Å². The Bertz CT molecular complexity index is 545. The van der Waals surface area contributed by atoms with Gasteiger partial charge in [0.25, 0.3) is 5.91 Å². The smallest absolute Gasteiger partial charge is 0.267 e. The number of amides is 1. The summed E-state index contributed by atoms with van der Waals surface area (Å²) in [5.41, 5.74) is 0. The number of carbonyl (C=O) groups excluding carboxylic acids is 1. The van der Waals surface area contributed by atoms with E-state index < -0.39 is 6.10 Å². The van der Waals surface area contributed by atoms with Crippen LogP contribution >= 0.6 is 22.9 Å². The maximum Gasteiger partial charge on any atom is 0.267 e. The minimum absolute atomic E-state index is 0.211. The molecule has 2 rings (SSSR count). The van der Waals surface area contributed by atoms with Gasteiger partial charge in [0.15, 0.2) is 11.2 Å². The second-order valence-electron chi connectivity index (χ2n) is 3.80. The summed E-state index contributed by atoms with van der Waals surface area (Å²) in [7, 11) is 0. The van der Waals surface area contributed by atoms with Crippen LogP contribution in [-0.4, -0.2) is 17.0 Å². The highest BCUT2D eigenvalue weighted by Gasteiger charge is 2.19. The first-order chi connectivity index (χ1) is 9.19. The molecule has 0 radical (unpaired) electrons. The predicted molar refractivity (Wildman–Crippen MR) is 76.9 cm³/mol. The Hall–Kier alpha value is -1.59. The van der Waals surface area contributed by atoms with Crippen LogP contribution < -0.4 is 10.1 Å². The van der Waals surface area contributed by atoms with Crippen molar-refractivity contribution >= 4 is 34.0 Å². The highest BCUT2D eigenvalue weighted by atomic mass is 35.5. The summed E-state index contributed by atoms with van der Waals surface area (Å²) in [6, 6.07) is 6.99. The van der Waals surface area contributed by atoms with E-state index in [1.54, 1.807) is 35.8 Å². The van der Waals surface area contributed by atoms with Crippen molar-refractivity contribution in [3.63, 3.8) is 0 Å². The first kappa shape index (κ1) is 13.8. The summed E-state index contributed by atoms with van der Waals surface area (Å²) >= 11 is 7.25. The number of carbonyl (C=O) groups is 1. The zero-order valence-electron chi connectivity index (χ0n) is 10.3. The fourth-order valence-corrected chi connectivity index (χ4v) is 2.21. The van der Waals surface area contributed by atoms with Crippen molar-refractivity contribution in [3.8, 4) is 5.75 Å². The van der Waals surface area contributed by atoms with Crippen LogP contribution in [0, 0.1) is 0 Å². The zero-order valence-corrected chi connectivity index (χ0v) is 11.9. The number of anilines is 1. The van der Waals surface area contributed by atoms with Crippen LogP contribution in [0.1, 0.15) is 13.3 Å². The van der Waals surface area contributed by atoms with Gasteiger partial charge in [-0.15, -0.1) is 11.3 Å². The minimum Gasteiger partial charge on any atom is -0.481 e. The second-order valence-corrected chi connectivity index (χ2v) is 5.13. The van der Waals surface area contributed by atoms with Gasteiger partial charge < -0.3 is 4.74 Å². The Labute approximate surface area is 120 Å². The minimum atomic E-state index is -0.567. The molecular weight excluding hydrogens is 284 g/mol. The van der Waals surface area contributed by atoms with Crippen molar-refractivity contribution in [2.75, 3.05) is 5.32 Å². The molecule has 1 atom stereocenters. The summed E-state index contributed by atoms with van der Waals surface area (Å²) in [5.74, 6) is 0.367. The first-order valence-electron chi connectivity index (χ1n) is 5.81. The molecule has 1 N–H and O–H groups in total. The molecule has 4 nitrogen and oxygen atoms in total. The van der Waals surface area contributed by atoms with Crippen molar-refractivity contribution in [3.05, 3.63) is 40.9 Å². The summed E-state index contributed by atoms with van der Waals surface area (Å²) in [5, 5.41) is 5.66. The van der Waals surface area contributed by atoms with Gasteiger partial charge in [0.05, 0.1) is 0 Å². The number of hydrogen-bond donors (Lipinski definition) is 1. The summed E-state index contributed by atoms with van der Waals surface area (Å²) < 4.78 is 5.64. The van der Waals surface area contributed by atoms with Gasteiger partial charge in [0.2, 0.25) is 0 Å².